The zero-order valence-electron chi connectivity index (χ0n) is 15.7. The molecule has 3 heterocycles. The van der Waals surface area contributed by atoms with E-state index in [-0.39, 0.29) is 24.0 Å². The third-order valence-corrected chi connectivity index (χ3v) is 7.35. The number of aromatic nitrogens is 1. The number of nitrogens with zero attached hydrogens (tertiary/aromatic N) is 1. The molecule has 7 heteroatoms. The summed E-state index contributed by atoms with van der Waals surface area (Å²) < 4.78 is 5.44. The quantitative estimate of drug-likeness (QED) is 0.686. The van der Waals surface area contributed by atoms with Gasteiger partial charge in [-0.05, 0) is 44.2 Å². The van der Waals surface area contributed by atoms with Gasteiger partial charge in [-0.2, -0.15) is 11.8 Å². The molecule has 1 aromatic rings. The zero-order valence-corrected chi connectivity index (χ0v) is 16.5. The number of pyridine rings is 1. The molecule has 0 aromatic carbocycles. The second-order valence-corrected chi connectivity index (χ2v) is 9.13. The van der Waals surface area contributed by atoms with E-state index in [0.717, 1.165) is 63.3 Å². The van der Waals surface area contributed by atoms with Gasteiger partial charge in [0.2, 0.25) is 5.91 Å². The van der Waals surface area contributed by atoms with Gasteiger partial charge in [0.15, 0.2) is 0 Å². The highest BCUT2D eigenvalue weighted by atomic mass is 32.2. The lowest BCUT2D eigenvalue weighted by molar-refractivity contribution is -0.130. The van der Waals surface area contributed by atoms with Crippen molar-refractivity contribution in [1.29, 1.82) is 0 Å². The van der Waals surface area contributed by atoms with E-state index in [0.29, 0.717) is 11.3 Å². The molecule has 6 nitrogen and oxygen atoms in total. The number of rotatable bonds is 6. The molecule has 4 atom stereocenters. The van der Waals surface area contributed by atoms with Gasteiger partial charge in [0.25, 0.3) is 0 Å². The van der Waals surface area contributed by atoms with Gasteiger partial charge < -0.3 is 15.4 Å². The van der Waals surface area contributed by atoms with Crippen molar-refractivity contribution < 1.29 is 9.53 Å². The number of fused-ring (bicyclic) bond motifs is 1. The molecular weight excluding hydrogens is 360 g/mol. The first-order valence-electron chi connectivity index (χ1n) is 10.2. The number of carbonyl (C=O) groups excluding carboxylic acids is 1. The van der Waals surface area contributed by atoms with Crippen molar-refractivity contribution in [2.75, 3.05) is 19.0 Å². The van der Waals surface area contributed by atoms with Crippen LogP contribution in [0.5, 0.6) is 0 Å². The first kappa shape index (κ1) is 19.2. The number of carbonyl (C=O) groups is 1. The van der Waals surface area contributed by atoms with E-state index in [9.17, 15) is 4.79 Å². The molecule has 1 aliphatic carbocycles. The summed E-state index contributed by atoms with van der Waals surface area (Å²) in [5.74, 6) is 1.28. The summed E-state index contributed by atoms with van der Waals surface area (Å²) >= 11 is 1.97. The second-order valence-electron chi connectivity index (χ2n) is 7.80. The van der Waals surface area contributed by atoms with Gasteiger partial charge >= 0.3 is 0 Å². The Balaban J connectivity index is 1.26. The van der Waals surface area contributed by atoms with Crippen LogP contribution < -0.4 is 16.0 Å². The van der Waals surface area contributed by atoms with Gasteiger partial charge in [-0.15, -0.1) is 0 Å². The minimum atomic E-state index is 0.0844. The Hall–Kier alpha value is -1.15. The van der Waals surface area contributed by atoms with Gasteiger partial charge in [-0.3, -0.25) is 15.1 Å². The van der Waals surface area contributed by atoms with Crippen LogP contribution in [0, 0.1) is 5.92 Å². The van der Waals surface area contributed by atoms with Crippen LogP contribution in [-0.2, 0) is 16.1 Å². The fourth-order valence-electron chi connectivity index (χ4n) is 4.35. The predicted molar refractivity (Wildman–Crippen MR) is 107 cm³/mol. The van der Waals surface area contributed by atoms with Crippen LogP contribution in [0.3, 0.4) is 0 Å². The maximum Gasteiger partial charge on any atom is 0.225 e. The third-order valence-electron chi connectivity index (χ3n) is 5.88. The Morgan fingerprint density at radius 1 is 1.22 bits per heavy atom. The average molecular weight is 391 g/mol. The number of nitrogens with one attached hydrogen (secondary N) is 3. The number of hydrogen-bond acceptors (Lipinski definition) is 6. The molecule has 3 fully saturated rings. The lowest BCUT2D eigenvalue weighted by Crippen LogP contribution is -2.64. The van der Waals surface area contributed by atoms with Crippen LogP contribution in [0.15, 0.2) is 24.4 Å². The highest BCUT2D eigenvalue weighted by Crippen LogP contribution is 2.29. The molecule has 2 aliphatic heterocycles. The summed E-state index contributed by atoms with van der Waals surface area (Å²) in [6, 6.07) is 6.73. The molecule has 1 saturated carbocycles. The summed E-state index contributed by atoms with van der Waals surface area (Å²) in [5.41, 5.74) is 1.07. The maximum absolute atomic E-state index is 12.6. The largest absolute Gasteiger partial charge is 0.381 e. The molecule has 0 radical (unpaired) electrons. The van der Waals surface area contributed by atoms with Crippen LogP contribution in [0.25, 0.3) is 0 Å². The number of thioether (sulfide) groups is 1. The Morgan fingerprint density at radius 3 is 2.93 bits per heavy atom. The highest BCUT2D eigenvalue weighted by molar-refractivity contribution is 7.99. The molecule has 148 valence electrons. The van der Waals surface area contributed by atoms with Crippen molar-refractivity contribution in [3.8, 4) is 0 Å². The van der Waals surface area contributed by atoms with Crippen molar-refractivity contribution in [2.24, 2.45) is 5.92 Å². The first-order valence-corrected chi connectivity index (χ1v) is 11.2. The van der Waals surface area contributed by atoms with E-state index in [1.54, 1.807) is 0 Å². The summed E-state index contributed by atoms with van der Waals surface area (Å²) in [5, 5.41) is 11.2. The van der Waals surface area contributed by atoms with E-state index in [4.69, 9.17) is 4.74 Å². The van der Waals surface area contributed by atoms with Crippen LogP contribution in [-0.4, -0.2) is 53.4 Å². The SMILES string of the molecule is O=C1NC(CSC2CCOCC2)NC2CC(NCc3ccccn3)CCC12. The summed E-state index contributed by atoms with van der Waals surface area (Å²) in [6.07, 6.45) is 7.16. The maximum atomic E-state index is 12.6. The van der Waals surface area contributed by atoms with Crippen LogP contribution in [0.1, 0.15) is 37.8 Å². The van der Waals surface area contributed by atoms with E-state index >= 15 is 0 Å². The summed E-state index contributed by atoms with van der Waals surface area (Å²) in [7, 11) is 0. The molecule has 3 N–H and O–H groups in total. The second kappa shape index (κ2) is 9.37. The van der Waals surface area contributed by atoms with E-state index in [2.05, 4.69) is 27.0 Å². The Bertz CT molecular complexity index is 611. The first-order chi connectivity index (χ1) is 13.3. The van der Waals surface area contributed by atoms with Crippen molar-refractivity contribution in [3.05, 3.63) is 30.1 Å². The molecule has 0 bridgehead atoms. The van der Waals surface area contributed by atoms with Gasteiger partial charge in [0.1, 0.15) is 0 Å². The van der Waals surface area contributed by atoms with Crippen molar-refractivity contribution in [2.45, 2.75) is 62.1 Å². The fourth-order valence-corrected chi connectivity index (χ4v) is 5.52. The topological polar surface area (TPSA) is 75.3 Å². The highest BCUT2D eigenvalue weighted by Gasteiger charge is 2.40. The van der Waals surface area contributed by atoms with Crippen LogP contribution in [0.2, 0.25) is 0 Å². The lowest BCUT2D eigenvalue weighted by atomic mass is 9.79. The average Bonchev–Trinajstić information content (AvgIpc) is 2.72. The molecule has 4 unspecified atom stereocenters. The van der Waals surface area contributed by atoms with Gasteiger partial charge in [-0.1, -0.05) is 6.07 Å². The van der Waals surface area contributed by atoms with Crippen molar-refractivity contribution >= 4 is 17.7 Å². The molecule has 0 spiro atoms. The molecule has 1 aromatic heterocycles. The Morgan fingerprint density at radius 2 is 2.11 bits per heavy atom. The predicted octanol–water partition coefficient (Wildman–Crippen LogP) is 1.67. The van der Waals surface area contributed by atoms with Gasteiger partial charge in [-0.25, -0.2) is 0 Å². The Kier molecular flexibility index (Phi) is 6.65. The van der Waals surface area contributed by atoms with E-state index in [1.165, 1.54) is 0 Å². The van der Waals surface area contributed by atoms with Gasteiger partial charge in [0.05, 0.1) is 17.8 Å². The molecule has 2 saturated heterocycles. The summed E-state index contributed by atoms with van der Waals surface area (Å²) in [6.45, 7) is 2.53. The molecular formula is C20H30N4O2S. The molecule has 3 aliphatic rings. The Labute approximate surface area is 165 Å². The van der Waals surface area contributed by atoms with Crippen LogP contribution >= 0.6 is 11.8 Å². The fraction of sp³-hybridized carbons (Fsp3) is 0.700. The van der Waals surface area contributed by atoms with Crippen molar-refractivity contribution in [3.63, 3.8) is 0 Å². The molecule has 27 heavy (non-hydrogen) atoms. The number of hydrogen-bond donors (Lipinski definition) is 3. The monoisotopic (exact) mass is 390 g/mol. The summed E-state index contributed by atoms with van der Waals surface area (Å²) in [4.78, 5) is 16.9. The normalized spacial score (nSPS) is 31.9. The zero-order chi connectivity index (χ0) is 18.5. The minimum Gasteiger partial charge on any atom is -0.381 e. The van der Waals surface area contributed by atoms with Crippen LogP contribution in [0.4, 0.5) is 0 Å². The minimum absolute atomic E-state index is 0.0844. The van der Waals surface area contributed by atoms with E-state index in [1.807, 2.05) is 30.1 Å². The standard InChI is InChI=1S/C20H30N4O2S/c25-20-17-5-4-14(22-12-15-3-1-2-8-21-15)11-18(17)23-19(24-20)13-27-16-6-9-26-10-7-16/h1-3,8,14,16-19,22-23H,4-7,9-13H2,(H,24,25). The molecule has 1 amide bonds. The smallest absolute Gasteiger partial charge is 0.225 e. The number of amides is 1. The number of ether oxygens (including phenoxy) is 1. The van der Waals surface area contributed by atoms with E-state index < -0.39 is 0 Å². The van der Waals surface area contributed by atoms with Crippen molar-refractivity contribution in [1.82, 2.24) is 20.9 Å². The third kappa shape index (κ3) is 5.22. The van der Waals surface area contributed by atoms with Gasteiger partial charge in [0, 0.05) is 49.0 Å². The molecule has 4 rings (SSSR count). The lowest BCUT2D eigenvalue weighted by Gasteiger charge is -2.43.